The Kier molecular flexibility index (Phi) is 4.37. The number of anilines is 1. The van der Waals surface area contributed by atoms with E-state index in [1.807, 2.05) is 49.9 Å². The lowest BCUT2D eigenvalue weighted by molar-refractivity contribution is -0.120. The highest BCUT2D eigenvalue weighted by molar-refractivity contribution is 6.30. The molecule has 4 nitrogen and oxygen atoms in total. The minimum absolute atomic E-state index is 0.0735. The number of rotatable bonds is 3. The molecular weight excluding hydrogens is 324 g/mol. The van der Waals surface area contributed by atoms with Crippen LogP contribution in [0.2, 0.25) is 5.02 Å². The number of benzene rings is 1. The van der Waals surface area contributed by atoms with Gasteiger partial charge in [-0.05, 0) is 38.5 Å². The molecule has 1 unspecified atom stereocenters. The standard InChI is InChI=1S/C19H21ClN2O2/c1-19(2,3)22-17-7-5-4-6-14(17)15(18(22)24)9-16-12(11-23)8-13(20)10-21-16/h4-8,10,15,23H,9,11H2,1-3H3. The van der Waals surface area contributed by atoms with E-state index >= 15 is 0 Å². The second-order valence-electron chi connectivity index (χ2n) is 7.08. The van der Waals surface area contributed by atoms with Crippen molar-refractivity contribution in [2.75, 3.05) is 4.90 Å². The van der Waals surface area contributed by atoms with Crippen LogP contribution in [0, 0.1) is 0 Å². The number of carbonyl (C=O) groups is 1. The summed E-state index contributed by atoms with van der Waals surface area (Å²) >= 11 is 5.96. The van der Waals surface area contributed by atoms with Crippen LogP contribution in [0.25, 0.3) is 0 Å². The third kappa shape index (κ3) is 2.92. The van der Waals surface area contributed by atoms with Crippen LogP contribution in [-0.2, 0) is 17.8 Å². The van der Waals surface area contributed by atoms with Crippen LogP contribution in [0.5, 0.6) is 0 Å². The maximum Gasteiger partial charge on any atom is 0.235 e. The van der Waals surface area contributed by atoms with Gasteiger partial charge in [-0.15, -0.1) is 0 Å². The van der Waals surface area contributed by atoms with Crippen LogP contribution in [0.3, 0.4) is 0 Å². The summed E-state index contributed by atoms with van der Waals surface area (Å²) in [6.07, 6.45) is 2.01. The molecule has 0 radical (unpaired) electrons. The monoisotopic (exact) mass is 344 g/mol. The van der Waals surface area contributed by atoms with Crippen LogP contribution in [0.4, 0.5) is 5.69 Å². The Morgan fingerprint density at radius 2 is 2.00 bits per heavy atom. The molecule has 0 aliphatic carbocycles. The minimum Gasteiger partial charge on any atom is -0.392 e. The van der Waals surface area contributed by atoms with Crippen molar-refractivity contribution >= 4 is 23.2 Å². The number of hydrogen-bond acceptors (Lipinski definition) is 3. The third-order valence-corrected chi connectivity index (χ3v) is 4.54. The number of amides is 1. The van der Waals surface area contributed by atoms with E-state index in [1.54, 1.807) is 12.3 Å². The number of aliphatic hydroxyl groups is 1. The Balaban J connectivity index is 2.02. The average molecular weight is 345 g/mol. The molecule has 0 fully saturated rings. The van der Waals surface area contributed by atoms with Gasteiger partial charge in [0.2, 0.25) is 5.91 Å². The molecule has 1 aromatic carbocycles. The van der Waals surface area contributed by atoms with E-state index in [4.69, 9.17) is 11.6 Å². The van der Waals surface area contributed by atoms with Crippen LogP contribution in [-0.4, -0.2) is 21.5 Å². The molecule has 1 atom stereocenters. The first-order valence-corrected chi connectivity index (χ1v) is 8.38. The molecule has 3 rings (SSSR count). The lowest BCUT2D eigenvalue weighted by Gasteiger charge is -2.33. The first-order chi connectivity index (χ1) is 11.3. The Morgan fingerprint density at radius 3 is 2.67 bits per heavy atom. The van der Waals surface area contributed by atoms with Crippen molar-refractivity contribution in [2.24, 2.45) is 0 Å². The first kappa shape index (κ1) is 16.9. The van der Waals surface area contributed by atoms with E-state index in [0.717, 1.165) is 11.3 Å². The number of fused-ring (bicyclic) bond motifs is 1. The van der Waals surface area contributed by atoms with E-state index in [1.165, 1.54) is 0 Å². The van der Waals surface area contributed by atoms with Gasteiger partial charge in [0.25, 0.3) is 0 Å². The number of nitrogens with zero attached hydrogens (tertiary/aromatic N) is 2. The summed E-state index contributed by atoms with van der Waals surface area (Å²) in [4.78, 5) is 19.3. The first-order valence-electron chi connectivity index (χ1n) is 8.00. The number of halogens is 1. The zero-order valence-electron chi connectivity index (χ0n) is 14.1. The van der Waals surface area contributed by atoms with E-state index in [-0.39, 0.29) is 24.0 Å². The van der Waals surface area contributed by atoms with Gasteiger partial charge in [0, 0.05) is 35.1 Å². The maximum absolute atomic E-state index is 13.1. The van der Waals surface area contributed by atoms with Crippen molar-refractivity contribution < 1.29 is 9.90 Å². The number of aliphatic hydroxyl groups excluding tert-OH is 1. The molecule has 1 aromatic heterocycles. The Hall–Kier alpha value is -1.91. The highest BCUT2D eigenvalue weighted by Gasteiger charge is 2.42. The van der Waals surface area contributed by atoms with Gasteiger partial charge in [-0.3, -0.25) is 9.78 Å². The lowest BCUT2D eigenvalue weighted by Crippen LogP contribution is -2.44. The van der Waals surface area contributed by atoms with Crippen LogP contribution < -0.4 is 4.90 Å². The summed E-state index contributed by atoms with van der Waals surface area (Å²) in [5.74, 6) is -0.219. The van der Waals surface area contributed by atoms with E-state index in [2.05, 4.69) is 4.98 Å². The predicted octanol–water partition coefficient (Wildman–Crippen LogP) is 3.70. The zero-order valence-corrected chi connectivity index (χ0v) is 14.8. The Bertz CT molecular complexity index is 783. The summed E-state index contributed by atoms with van der Waals surface area (Å²) in [6.45, 7) is 5.95. The second-order valence-corrected chi connectivity index (χ2v) is 7.51. The normalized spacial score (nSPS) is 17.3. The van der Waals surface area contributed by atoms with Gasteiger partial charge in [0.05, 0.1) is 17.5 Å². The molecule has 0 saturated carbocycles. The van der Waals surface area contributed by atoms with Crippen LogP contribution in [0.1, 0.15) is 43.5 Å². The molecule has 1 N–H and O–H groups in total. The van der Waals surface area contributed by atoms with Gasteiger partial charge in [0.15, 0.2) is 0 Å². The Labute approximate surface area is 147 Å². The Morgan fingerprint density at radius 1 is 1.29 bits per heavy atom. The summed E-state index contributed by atoms with van der Waals surface area (Å²) in [7, 11) is 0. The van der Waals surface area contributed by atoms with E-state index in [0.29, 0.717) is 22.7 Å². The molecule has 0 bridgehead atoms. The number of aromatic nitrogens is 1. The van der Waals surface area contributed by atoms with E-state index < -0.39 is 0 Å². The molecule has 1 aliphatic heterocycles. The maximum atomic E-state index is 13.1. The van der Waals surface area contributed by atoms with Crippen molar-refractivity contribution in [3.8, 4) is 0 Å². The number of para-hydroxylation sites is 1. The smallest absolute Gasteiger partial charge is 0.235 e. The van der Waals surface area contributed by atoms with Crippen molar-refractivity contribution in [3.63, 3.8) is 0 Å². The third-order valence-electron chi connectivity index (χ3n) is 4.34. The largest absolute Gasteiger partial charge is 0.392 e. The number of hydrogen-bond donors (Lipinski definition) is 1. The molecule has 0 spiro atoms. The molecule has 24 heavy (non-hydrogen) atoms. The highest BCUT2D eigenvalue weighted by atomic mass is 35.5. The topological polar surface area (TPSA) is 53.4 Å². The second kappa shape index (κ2) is 6.19. The van der Waals surface area contributed by atoms with Crippen molar-refractivity contribution in [1.29, 1.82) is 0 Å². The molecule has 5 heteroatoms. The summed E-state index contributed by atoms with van der Waals surface area (Å²) in [5.41, 5.74) is 3.06. The van der Waals surface area contributed by atoms with Crippen molar-refractivity contribution in [2.45, 2.75) is 45.3 Å². The average Bonchev–Trinajstić information content (AvgIpc) is 2.81. The van der Waals surface area contributed by atoms with Gasteiger partial charge in [-0.2, -0.15) is 0 Å². The molecular formula is C19H21ClN2O2. The fraction of sp³-hybridized carbons (Fsp3) is 0.368. The highest BCUT2D eigenvalue weighted by Crippen LogP contribution is 2.42. The van der Waals surface area contributed by atoms with E-state index in [9.17, 15) is 9.90 Å². The summed E-state index contributed by atoms with van der Waals surface area (Å²) in [6, 6.07) is 9.59. The van der Waals surface area contributed by atoms with Gasteiger partial charge >= 0.3 is 0 Å². The van der Waals surface area contributed by atoms with Crippen molar-refractivity contribution in [3.05, 3.63) is 58.4 Å². The SMILES string of the molecule is CC(C)(C)N1C(=O)C(Cc2ncc(Cl)cc2CO)c2ccccc21. The summed E-state index contributed by atoms with van der Waals surface area (Å²) in [5, 5.41) is 10.0. The quantitative estimate of drug-likeness (QED) is 0.923. The van der Waals surface area contributed by atoms with Gasteiger partial charge in [0.1, 0.15) is 0 Å². The van der Waals surface area contributed by atoms with Gasteiger partial charge in [-0.25, -0.2) is 0 Å². The predicted molar refractivity (Wildman–Crippen MR) is 95.3 cm³/mol. The fourth-order valence-electron chi connectivity index (χ4n) is 3.31. The molecule has 1 aliphatic rings. The van der Waals surface area contributed by atoms with Crippen LogP contribution >= 0.6 is 11.6 Å². The van der Waals surface area contributed by atoms with Gasteiger partial charge in [-0.1, -0.05) is 29.8 Å². The van der Waals surface area contributed by atoms with Crippen molar-refractivity contribution in [1.82, 2.24) is 4.98 Å². The fourth-order valence-corrected chi connectivity index (χ4v) is 3.49. The molecule has 2 aromatic rings. The molecule has 2 heterocycles. The number of carbonyl (C=O) groups excluding carboxylic acids is 1. The molecule has 1 amide bonds. The molecule has 126 valence electrons. The summed E-state index contributed by atoms with van der Waals surface area (Å²) < 4.78 is 0. The van der Waals surface area contributed by atoms with Gasteiger partial charge < -0.3 is 10.0 Å². The van der Waals surface area contributed by atoms with Crippen LogP contribution in [0.15, 0.2) is 36.5 Å². The zero-order chi connectivity index (χ0) is 17.5. The number of pyridine rings is 1. The lowest BCUT2D eigenvalue weighted by atomic mass is 9.94. The minimum atomic E-state index is -0.296. The molecule has 0 saturated heterocycles.